The highest BCUT2D eigenvalue weighted by atomic mass is 35.5. The Morgan fingerprint density at radius 3 is 2.68 bits per heavy atom. The smallest absolute Gasteiger partial charge is 0.356 e. The van der Waals surface area contributed by atoms with Crippen LogP contribution in [0.5, 0.6) is 5.75 Å². The SMILES string of the molecule is COC(=O)c1[nH]c2ccc(Cl)cc2c1NC(=O)[C@@H](C)N1CCN(c2cccc(OC)c2)[C@H](C)C1. The number of rotatable bonds is 6. The van der Waals surface area contributed by atoms with Gasteiger partial charge in [0, 0.05) is 53.4 Å². The molecule has 0 saturated carbocycles. The number of amides is 1. The van der Waals surface area contributed by atoms with Gasteiger partial charge in [0.25, 0.3) is 0 Å². The molecule has 8 nitrogen and oxygen atoms in total. The van der Waals surface area contributed by atoms with Gasteiger partial charge in [0.15, 0.2) is 0 Å². The molecule has 2 N–H and O–H groups in total. The van der Waals surface area contributed by atoms with Crippen LogP contribution in [-0.2, 0) is 9.53 Å². The summed E-state index contributed by atoms with van der Waals surface area (Å²) in [6.45, 7) is 6.24. The summed E-state index contributed by atoms with van der Waals surface area (Å²) in [5, 5.41) is 4.11. The minimum Gasteiger partial charge on any atom is -0.497 e. The number of H-pyrrole nitrogens is 1. The number of aromatic nitrogens is 1. The lowest BCUT2D eigenvalue weighted by atomic mass is 10.1. The number of aromatic amines is 1. The van der Waals surface area contributed by atoms with Crippen LogP contribution in [0.2, 0.25) is 5.02 Å². The third-order valence-corrected chi connectivity index (χ3v) is 6.60. The number of benzene rings is 2. The van der Waals surface area contributed by atoms with Crippen molar-refractivity contribution >= 4 is 45.8 Å². The molecule has 2 heterocycles. The van der Waals surface area contributed by atoms with Gasteiger partial charge < -0.3 is 24.7 Å². The molecule has 1 aliphatic rings. The molecule has 0 aliphatic carbocycles. The number of methoxy groups -OCH3 is 2. The van der Waals surface area contributed by atoms with E-state index in [1.807, 2.05) is 25.1 Å². The zero-order valence-electron chi connectivity index (χ0n) is 19.7. The minimum atomic E-state index is -0.559. The Hall–Kier alpha value is -3.23. The second-order valence-electron chi connectivity index (χ2n) is 8.46. The highest BCUT2D eigenvalue weighted by Gasteiger charge is 2.31. The van der Waals surface area contributed by atoms with Gasteiger partial charge in [-0.25, -0.2) is 4.79 Å². The van der Waals surface area contributed by atoms with Gasteiger partial charge in [-0.3, -0.25) is 9.69 Å². The van der Waals surface area contributed by atoms with Gasteiger partial charge in [-0.15, -0.1) is 0 Å². The van der Waals surface area contributed by atoms with Gasteiger partial charge in [-0.05, 0) is 44.2 Å². The molecule has 0 unspecified atom stereocenters. The molecule has 9 heteroatoms. The van der Waals surface area contributed by atoms with E-state index < -0.39 is 12.0 Å². The van der Waals surface area contributed by atoms with Crippen LogP contribution in [-0.4, -0.2) is 67.7 Å². The van der Waals surface area contributed by atoms with E-state index in [4.69, 9.17) is 21.1 Å². The summed E-state index contributed by atoms with van der Waals surface area (Å²) >= 11 is 6.17. The molecule has 1 saturated heterocycles. The Labute approximate surface area is 203 Å². The number of hydrogen-bond donors (Lipinski definition) is 2. The molecule has 1 amide bonds. The monoisotopic (exact) mass is 484 g/mol. The van der Waals surface area contributed by atoms with Crippen LogP contribution in [0.1, 0.15) is 24.3 Å². The normalized spacial score (nSPS) is 17.4. The third-order valence-electron chi connectivity index (χ3n) is 6.37. The number of fused-ring (bicyclic) bond motifs is 1. The molecule has 3 aromatic rings. The molecule has 180 valence electrons. The summed E-state index contributed by atoms with van der Waals surface area (Å²) in [7, 11) is 2.96. The lowest BCUT2D eigenvalue weighted by Gasteiger charge is -2.43. The van der Waals surface area contributed by atoms with Gasteiger partial charge in [0.1, 0.15) is 11.4 Å². The van der Waals surface area contributed by atoms with E-state index >= 15 is 0 Å². The van der Waals surface area contributed by atoms with Crippen molar-refractivity contribution in [2.45, 2.75) is 25.9 Å². The summed E-state index contributed by atoms with van der Waals surface area (Å²) in [6.07, 6.45) is 0. The van der Waals surface area contributed by atoms with E-state index in [-0.39, 0.29) is 17.6 Å². The summed E-state index contributed by atoms with van der Waals surface area (Å²) in [5.74, 6) is 0.0592. The first-order valence-corrected chi connectivity index (χ1v) is 11.5. The summed E-state index contributed by atoms with van der Waals surface area (Å²) in [6, 6.07) is 13.0. The van der Waals surface area contributed by atoms with Crippen molar-refractivity contribution in [3.05, 3.63) is 53.2 Å². The zero-order chi connectivity index (χ0) is 24.4. The first-order chi connectivity index (χ1) is 16.3. The second-order valence-corrected chi connectivity index (χ2v) is 8.90. The van der Waals surface area contributed by atoms with Crippen molar-refractivity contribution in [3.8, 4) is 5.75 Å². The number of ether oxygens (including phenoxy) is 2. The molecular formula is C25H29ClN4O4. The summed E-state index contributed by atoms with van der Waals surface area (Å²) in [5.41, 5.74) is 2.36. The second kappa shape index (κ2) is 9.95. The van der Waals surface area contributed by atoms with E-state index in [2.05, 4.69) is 33.1 Å². The maximum absolute atomic E-state index is 13.3. The summed E-state index contributed by atoms with van der Waals surface area (Å²) < 4.78 is 10.3. The first-order valence-electron chi connectivity index (χ1n) is 11.2. The van der Waals surface area contributed by atoms with Crippen molar-refractivity contribution in [3.63, 3.8) is 0 Å². The number of carbonyl (C=O) groups is 2. The van der Waals surface area contributed by atoms with Gasteiger partial charge in [0.05, 0.1) is 25.9 Å². The predicted molar refractivity (Wildman–Crippen MR) is 134 cm³/mol. The molecule has 0 radical (unpaired) electrons. The van der Waals surface area contributed by atoms with Gasteiger partial charge in [-0.2, -0.15) is 0 Å². The van der Waals surface area contributed by atoms with Crippen LogP contribution in [0.4, 0.5) is 11.4 Å². The van der Waals surface area contributed by atoms with Crippen molar-refractivity contribution < 1.29 is 19.1 Å². The van der Waals surface area contributed by atoms with Crippen molar-refractivity contribution in [2.75, 3.05) is 44.1 Å². The van der Waals surface area contributed by atoms with E-state index in [0.29, 0.717) is 21.6 Å². The van der Waals surface area contributed by atoms with Crippen LogP contribution in [0.3, 0.4) is 0 Å². The number of esters is 1. The number of nitrogens with zero attached hydrogens (tertiary/aromatic N) is 2. The highest BCUT2D eigenvalue weighted by Crippen LogP contribution is 2.31. The number of halogens is 1. The molecule has 4 rings (SSSR count). The van der Waals surface area contributed by atoms with E-state index in [9.17, 15) is 9.59 Å². The van der Waals surface area contributed by atoms with E-state index in [1.54, 1.807) is 25.3 Å². The van der Waals surface area contributed by atoms with Crippen LogP contribution in [0.25, 0.3) is 10.9 Å². The van der Waals surface area contributed by atoms with Gasteiger partial charge >= 0.3 is 5.97 Å². The molecular weight excluding hydrogens is 456 g/mol. The average molecular weight is 485 g/mol. The number of anilines is 2. The fourth-order valence-corrected chi connectivity index (χ4v) is 4.62. The Bertz CT molecular complexity index is 1210. The molecule has 1 fully saturated rings. The molecule has 34 heavy (non-hydrogen) atoms. The van der Waals surface area contributed by atoms with E-state index in [1.165, 1.54) is 7.11 Å². The molecule has 1 aliphatic heterocycles. The maximum Gasteiger partial charge on any atom is 0.356 e. The zero-order valence-corrected chi connectivity index (χ0v) is 20.5. The number of piperazine rings is 1. The lowest BCUT2D eigenvalue weighted by molar-refractivity contribution is -0.121. The Kier molecular flexibility index (Phi) is 7.00. The van der Waals surface area contributed by atoms with Crippen LogP contribution < -0.4 is 15.0 Å². The fourth-order valence-electron chi connectivity index (χ4n) is 4.45. The maximum atomic E-state index is 13.3. The van der Waals surface area contributed by atoms with Gasteiger partial charge in [0.2, 0.25) is 5.91 Å². The van der Waals surface area contributed by atoms with Crippen molar-refractivity contribution in [1.29, 1.82) is 0 Å². The number of nitrogens with one attached hydrogen (secondary N) is 2. The Balaban J connectivity index is 1.50. The third kappa shape index (κ3) is 4.69. The Morgan fingerprint density at radius 2 is 1.97 bits per heavy atom. The summed E-state index contributed by atoms with van der Waals surface area (Å²) in [4.78, 5) is 33.1. The van der Waals surface area contributed by atoms with Crippen LogP contribution in [0.15, 0.2) is 42.5 Å². The average Bonchev–Trinajstić information content (AvgIpc) is 3.20. The van der Waals surface area contributed by atoms with Crippen molar-refractivity contribution in [2.24, 2.45) is 0 Å². The van der Waals surface area contributed by atoms with Crippen LogP contribution >= 0.6 is 11.6 Å². The first kappa shape index (κ1) is 23.9. The fraction of sp³-hybridized carbons (Fsp3) is 0.360. The van der Waals surface area contributed by atoms with Crippen molar-refractivity contribution in [1.82, 2.24) is 9.88 Å². The number of hydrogen-bond acceptors (Lipinski definition) is 6. The number of carbonyl (C=O) groups excluding carboxylic acids is 2. The van der Waals surface area contributed by atoms with Crippen LogP contribution in [0, 0.1) is 0 Å². The quantitative estimate of drug-likeness (QED) is 0.511. The Morgan fingerprint density at radius 1 is 1.18 bits per heavy atom. The molecule has 1 aromatic heterocycles. The van der Waals surface area contributed by atoms with E-state index in [0.717, 1.165) is 31.1 Å². The molecule has 0 bridgehead atoms. The molecule has 0 spiro atoms. The molecule has 2 aromatic carbocycles. The lowest BCUT2D eigenvalue weighted by Crippen LogP contribution is -2.56. The molecule has 2 atom stereocenters. The standard InChI is InChI=1S/C25H29ClN4O4/c1-15-14-29(10-11-30(15)18-6-5-7-19(13-18)33-3)16(2)24(31)28-22-20-12-17(26)8-9-21(20)27-23(22)25(32)34-4/h5-9,12-13,15-16,27H,10-11,14H2,1-4H3,(H,28,31)/t15-,16-/m1/s1. The highest BCUT2D eigenvalue weighted by molar-refractivity contribution is 6.31. The minimum absolute atomic E-state index is 0.191. The predicted octanol–water partition coefficient (Wildman–Crippen LogP) is 4.15. The largest absolute Gasteiger partial charge is 0.497 e. The topological polar surface area (TPSA) is 86.9 Å². The van der Waals surface area contributed by atoms with Gasteiger partial charge in [-0.1, -0.05) is 17.7 Å².